The summed E-state index contributed by atoms with van der Waals surface area (Å²) in [5, 5.41) is 14.4. The number of halogens is 2. The second-order valence-corrected chi connectivity index (χ2v) is 6.29. The highest BCUT2D eigenvalue weighted by molar-refractivity contribution is 7.99. The van der Waals surface area contributed by atoms with Gasteiger partial charge in [0, 0.05) is 23.8 Å². The van der Waals surface area contributed by atoms with E-state index >= 15 is 0 Å². The van der Waals surface area contributed by atoms with Gasteiger partial charge in [-0.15, -0.1) is 10.2 Å². The number of nitrogens with one attached hydrogen (secondary N) is 1. The molecule has 0 saturated carbocycles. The first-order valence-electron chi connectivity index (χ1n) is 7.74. The molecule has 2 aromatic heterocycles. The first kappa shape index (κ1) is 18.8. The summed E-state index contributed by atoms with van der Waals surface area (Å²) in [5.74, 6) is 1.45. The summed E-state index contributed by atoms with van der Waals surface area (Å²) in [4.78, 5) is 11.8. The van der Waals surface area contributed by atoms with Crippen molar-refractivity contribution in [3.8, 4) is 17.2 Å². The van der Waals surface area contributed by atoms with Crippen LogP contribution in [-0.2, 0) is 4.79 Å². The van der Waals surface area contributed by atoms with E-state index in [4.69, 9.17) is 8.94 Å². The number of carbonyl (C=O) groups is 1. The van der Waals surface area contributed by atoms with Gasteiger partial charge in [-0.2, -0.15) is 8.78 Å². The Balaban J connectivity index is 1.48. The molecule has 0 aliphatic heterocycles. The zero-order valence-corrected chi connectivity index (χ0v) is 14.8. The van der Waals surface area contributed by atoms with Gasteiger partial charge in [0.05, 0.1) is 0 Å². The number of benzene rings is 1. The molecule has 1 aromatic carbocycles. The number of nitrogens with zero attached hydrogens (tertiary/aromatic N) is 3. The lowest BCUT2D eigenvalue weighted by atomic mass is 10.2. The van der Waals surface area contributed by atoms with Gasteiger partial charge in [0.15, 0.2) is 5.82 Å². The minimum atomic E-state index is -2.88. The Morgan fingerprint density at radius 3 is 2.74 bits per heavy atom. The standard InChI is InChI=1S/C16H14F2N4O4S/c1-9-8-12(22-26-9)19-13(23)6-7-27-16-21-20-14(25-16)10-2-4-11(5-3-10)24-15(17)18/h2-5,8,15H,6-7H2,1H3,(H,19,22,23). The molecule has 27 heavy (non-hydrogen) atoms. The minimum Gasteiger partial charge on any atom is -0.435 e. The molecule has 8 nitrogen and oxygen atoms in total. The van der Waals surface area contributed by atoms with E-state index in [-0.39, 0.29) is 24.0 Å². The maximum absolute atomic E-state index is 12.1. The third-order valence-electron chi connectivity index (χ3n) is 3.18. The zero-order chi connectivity index (χ0) is 19.2. The number of carbonyl (C=O) groups excluding carboxylic acids is 1. The van der Waals surface area contributed by atoms with Gasteiger partial charge in [0.1, 0.15) is 11.5 Å². The lowest BCUT2D eigenvalue weighted by Gasteiger charge is -2.03. The van der Waals surface area contributed by atoms with Crippen LogP contribution < -0.4 is 10.1 Å². The fourth-order valence-electron chi connectivity index (χ4n) is 2.03. The Morgan fingerprint density at radius 2 is 2.07 bits per heavy atom. The van der Waals surface area contributed by atoms with Gasteiger partial charge in [-0.05, 0) is 31.2 Å². The molecule has 0 radical (unpaired) electrons. The fourth-order valence-corrected chi connectivity index (χ4v) is 2.72. The first-order valence-corrected chi connectivity index (χ1v) is 8.73. The maximum Gasteiger partial charge on any atom is 0.387 e. The van der Waals surface area contributed by atoms with Crippen molar-refractivity contribution in [1.29, 1.82) is 0 Å². The van der Waals surface area contributed by atoms with Gasteiger partial charge in [-0.3, -0.25) is 4.79 Å². The topological polar surface area (TPSA) is 103 Å². The van der Waals surface area contributed by atoms with Crippen molar-refractivity contribution in [3.05, 3.63) is 36.1 Å². The molecule has 1 N–H and O–H groups in total. The normalized spacial score (nSPS) is 11.0. The van der Waals surface area contributed by atoms with E-state index in [1.54, 1.807) is 13.0 Å². The first-order chi connectivity index (χ1) is 13.0. The Kier molecular flexibility index (Phi) is 6.01. The van der Waals surface area contributed by atoms with E-state index < -0.39 is 6.61 Å². The van der Waals surface area contributed by atoms with Gasteiger partial charge < -0.3 is 19.0 Å². The minimum absolute atomic E-state index is 0.0381. The van der Waals surface area contributed by atoms with Crippen LogP contribution in [-0.4, -0.2) is 33.6 Å². The largest absolute Gasteiger partial charge is 0.435 e. The predicted molar refractivity (Wildman–Crippen MR) is 91.6 cm³/mol. The third-order valence-corrected chi connectivity index (χ3v) is 4.00. The highest BCUT2D eigenvalue weighted by Gasteiger charge is 2.12. The zero-order valence-electron chi connectivity index (χ0n) is 14.0. The Hall–Kier alpha value is -2.95. The molecule has 0 spiro atoms. The smallest absolute Gasteiger partial charge is 0.387 e. The van der Waals surface area contributed by atoms with Crippen molar-refractivity contribution in [1.82, 2.24) is 15.4 Å². The van der Waals surface area contributed by atoms with Crippen molar-refractivity contribution in [2.24, 2.45) is 0 Å². The van der Waals surface area contributed by atoms with Gasteiger partial charge in [0.25, 0.3) is 5.22 Å². The Morgan fingerprint density at radius 1 is 1.30 bits per heavy atom. The van der Waals surface area contributed by atoms with Crippen molar-refractivity contribution in [3.63, 3.8) is 0 Å². The van der Waals surface area contributed by atoms with Gasteiger partial charge in [0.2, 0.25) is 11.8 Å². The molecule has 142 valence electrons. The molecule has 3 rings (SSSR count). The fraction of sp³-hybridized carbons (Fsp3) is 0.250. The molecule has 0 fully saturated rings. The summed E-state index contributed by atoms with van der Waals surface area (Å²) in [6, 6.07) is 7.45. The number of hydrogen-bond donors (Lipinski definition) is 1. The van der Waals surface area contributed by atoms with Crippen LogP contribution in [0.5, 0.6) is 5.75 Å². The van der Waals surface area contributed by atoms with Crippen LogP contribution in [0.1, 0.15) is 12.2 Å². The van der Waals surface area contributed by atoms with Crippen molar-refractivity contribution in [2.45, 2.75) is 25.2 Å². The van der Waals surface area contributed by atoms with Crippen LogP contribution >= 0.6 is 11.8 Å². The third kappa shape index (κ3) is 5.51. The van der Waals surface area contributed by atoms with Crippen LogP contribution in [0.2, 0.25) is 0 Å². The average molecular weight is 396 g/mol. The molecule has 0 unspecified atom stereocenters. The molecule has 0 bridgehead atoms. The summed E-state index contributed by atoms with van der Waals surface area (Å²) in [5.41, 5.74) is 0.565. The number of ether oxygens (including phenoxy) is 1. The van der Waals surface area contributed by atoms with Crippen LogP contribution in [0, 0.1) is 6.92 Å². The Labute approximate surface area is 156 Å². The summed E-state index contributed by atoms with van der Waals surface area (Å²) in [6.07, 6.45) is 0.216. The lowest BCUT2D eigenvalue weighted by molar-refractivity contribution is -0.115. The molecule has 0 saturated heterocycles. The summed E-state index contributed by atoms with van der Waals surface area (Å²) in [7, 11) is 0. The Bertz CT molecular complexity index is 898. The number of amides is 1. The SMILES string of the molecule is Cc1cc(NC(=O)CCSc2nnc(-c3ccc(OC(F)F)cc3)o2)no1. The highest BCUT2D eigenvalue weighted by atomic mass is 32.2. The second-order valence-electron chi connectivity index (χ2n) is 5.25. The molecule has 0 atom stereocenters. The number of hydrogen-bond acceptors (Lipinski definition) is 8. The quantitative estimate of drug-likeness (QED) is 0.574. The van der Waals surface area contributed by atoms with Crippen LogP contribution in [0.15, 0.2) is 44.5 Å². The monoisotopic (exact) mass is 396 g/mol. The molecule has 3 aromatic rings. The van der Waals surface area contributed by atoms with Crippen molar-refractivity contribution in [2.75, 3.05) is 11.1 Å². The van der Waals surface area contributed by atoms with E-state index in [0.717, 1.165) is 0 Å². The molecule has 0 aliphatic rings. The van der Waals surface area contributed by atoms with Gasteiger partial charge in [-0.1, -0.05) is 16.9 Å². The van der Waals surface area contributed by atoms with Crippen molar-refractivity contribution < 1.29 is 27.3 Å². The number of rotatable bonds is 8. The molecular formula is C16H14F2N4O4S. The van der Waals surface area contributed by atoms with E-state index in [1.165, 1.54) is 36.0 Å². The lowest BCUT2D eigenvalue weighted by Crippen LogP contribution is -2.12. The summed E-state index contributed by atoms with van der Waals surface area (Å²) in [6.45, 7) is -1.15. The number of aromatic nitrogens is 3. The van der Waals surface area contributed by atoms with E-state index in [0.29, 0.717) is 28.1 Å². The number of alkyl halides is 2. The van der Waals surface area contributed by atoms with Gasteiger partial charge >= 0.3 is 6.61 Å². The van der Waals surface area contributed by atoms with E-state index in [1.807, 2.05) is 0 Å². The van der Waals surface area contributed by atoms with E-state index in [2.05, 4.69) is 25.4 Å². The number of anilines is 1. The molecule has 0 aliphatic carbocycles. The summed E-state index contributed by atoms with van der Waals surface area (Å²) >= 11 is 1.22. The number of aryl methyl sites for hydroxylation is 1. The molecular weight excluding hydrogens is 382 g/mol. The van der Waals surface area contributed by atoms with Crippen LogP contribution in [0.3, 0.4) is 0 Å². The van der Waals surface area contributed by atoms with Crippen molar-refractivity contribution >= 4 is 23.5 Å². The second kappa shape index (κ2) is 8.62. The van der Waals surface area contributed by atoms with Crippen LogP contribution in [0.4, 0.5) is 14.6 Å². The van der Waals surface area contributed by atoms with E-state index in [9.17, 15) is 13.6 Å². The van der Waals surface area contributed by atoms with Gasteiger partial charge in [-0.25, -0.2) is 0 Å². The maximum atomic E-state index is 12.1. The predicted octanol–water partition coefficient (Wildman–Crippen LogP) is 3.76. The number of thioether (sulfide) groups is 1. The average Bonchev–Trinajstić information content (AvgIpc) is 3.24. The summed E-state index contributed by atoms with van der Waals surface area (Å²) < 4.78 is 38.9. The molecule has 2 heterocycles. The molecule has 1 amide bonds. The van der Waals surface area contributed by atoms with Crippen LogP contribution in [0.25, 0.3) is 11.5 Å². The highest BCUT2D eigenvalue weighted by Crippen LogP contribution is 2.25. The molecule has 11 heteroatoms.